The molecular weight excluding hydrogens is 290 g/mol. The van der Waals surface area contributed by atoms with E-state index in [2.05, 4.69) is 52.4 Å². The first-order chi connectivity index (χ1) is 8.79. The van der Waals surface area contributed by atoms with Crippen LogP contribution in [0.15, 0.2) is 51.7 Å². The quantitative estimate of drug-likeness (QED) is 0.859. The Morgan fingerprint density at radius 1 is 1.33 bits per heavy atom. The van der Waals surface area contributed by atoms with Crippen LogP contribution in [0.4, 0.5) is 0 Å². The molecule has 0 saturated carbocycles. The van der Waals surface area contributed by atoms with Crippen molar-refractivity contribution in [3.05, 3.63) is 58.5 Å². The second-order valence-corrected chi connectivity index (χ2v) is 5.31. The SMILES string of the molecule is CCCNC(Cc1ccoc1)c1cccc(Br)c1. The maximum Gasteiger partial charge on any atom is 0.0935 e. The first-order valence-corrected chi connectivity index (χ1v) is 7.09. The van der Waals surface area contributed by atoms with Crippen LogP contribution in [0.5, 0.6) is 0 Å². The summed E-state index contributed by atoms with van der Waals surface area (Å²) < 4.78 is 6.26. The van der Waals surface area contributed by atoms with Gasteiger partial charge in [-0.3, -0.25) is 0 Å². The van der Waals surface area contributed by atoms with Gasteiger partial charge in [0.1, 0.15) is 0 Å². The summed E-state index contributed by atoms with van der Waals surface area (Å²) in [6.45, 7) is 3.21. The number of rotatable bonds is 6. The Kier molecular flexibility index (Phi) is 5.02. The Balaban J connectivity index is 2.13. The summed E-state index contributed by atoms with van der Waals surface area (Å²) in [6, 6.07) is 10.8. The Morgan fingerprint density at radius 3 is 2.89 bits per heavy atom. The molecule has 2 rings (SSSR count). The van der Waals surface area contributed by atoms with Gasteiger partial charge in [-0.2, -0.15) is 0 Å². The zero-order valence-electron chi connectivity index (χ0n) is 10.5. The Morgan fingerprint density at radius 2 is 2.22 bits per heavy atom. The monoisotopic (exact) mass is 307 g/mol. The lowest BCUT2D eigenvalue weighted by Crippen LogP contribution is -2.23. The highest BCUT2D eigenvalue weighted by Crippen LogP contribution is 2.22. The normalized spacial score (nSPS) is 12.6. The van der Waals surface area contributed by atoms with Crippen LogP contribution in [0.2, 0.25) is 0 Å². The van der Waals surface area contributed by atoms with Crippen molar-refractivity contribution in [2.24, 2.45) is 0 Å². The van der Waals surface area contributed by atoms with Crippen molar-refractivity contribution in [3.63, 3.8) is 0 Å². The zero-order valence-corrected chi connectivity index (χ0v) is 12.1. The van der Waals surface area contributed by atoms with E-state index >= 15 is 0 Å². The van der Waals surface area contributed by atoms with Gasteiger partial charge in [0.2, 0.25) is 0 Å². The minimum atomic E-state index is 0.333. The first kappa shape index (κ1) is 13.4. The molecule has 18 heavy (non-hydrogen) atoms. The van der Waals surface area contributed by atoms with Gasteiger partial charge in [0, 0.05) is 10.5 Å². The molecule has 1 heterocycles. The number of hydrogen-bond donors (Lipinski definition) is 1. The molecule has 1 atom stereocenters. The number of halogens is 1. The van der Waals surface area contributed by atoms with Crippen molar-refractivity contribution in [2.45, 2.75) is 25.8 Å². The minimum absolute atomic E-state index is 0.333. The Hall–Kier alpha value is -1.06. The summed E-state index contributed by atoms with van der Waals surface area (Å²) in [6.07, 6.45) is 5.63. The fourth-order valence-electron chi connectivity index (χ4n) is 1.99. The molecule has 0 radical (unpaired) electrons. The fraction of sp³-hybridized carbons (Fsp3) is 0.333. The van der Waals surface area contributed by atoms with E-state index in [4.69, 9.17) is 4.42 Å². The highest BCUT2D eigenvalue weighted by molar-refractivity contribution is 9.10. The molecule has 0 aliphatic heterocycles. The molecular formula is C15H18BrNO. The zero-order chi connectivity index (χ0) is 12.8. The summed E-state index contributed by atoms with van der Waals surface area (Å²) in [7, 11) is 0. The molecule has 0 fully saturated rings. The van der Waals surface area contributed by atoms with Crippen LogP contribution < -0.4 is 5.32 Å². The predicted octanol–water partition coefficient (Wildman–Crippen LogP) is 4.33. The molecule has 0 saturated heterocycles. The molecule has 0 aliphatic rings. The maximum absolute atomic E-state index is 5.14. The molecule has 1 aromatic carbocycles. The largest absolute Gasteiger partial charge is 0.472 e. The van der Waals surface area contributed by atoms with Crippen LogP contribution in [-0.4, -0.2) is 6.54 Å². The van der Waals surface area contributed by atoms with Crippen LogP contribution >= 0.6 is 15.9 Å². The van der Waals surface area contributed by atoms with E-state index in [9.17, 15) is 0 Å². The third kappa shape index (κ3) is 3.72. The van der Waals surface area contributed by atoms with Crippen LogP contribution in [0, 0.1) is 0 Å². The van der Waals surface area contributed by atoms with Crippen molar-refractivity contribution in [3.8, 4) is 0 Å². The second kappa shape index (κ2) is 6.76. The smallest absolute Gasteiger partial charge is 0.0935 e. The summed E-state index contributed by atoms with van der Waals surface area (Å²) >= 11 is 3.53. The van der Waals surface area contributed by atoms with Crippen molar-refractivity contribution in [1.82, 2.24) is 5.32 Å². The lowest BCUT2D eigenvalue weighted by Gasteiger charge is -2.18. The van der Waals surface area contributed by atoms with Gasteiger partial charge in [0.05, 0.1) is 12.5 Å². The van der Waals surface area contributed by atoms with E-state index in [-0.39, 0.29) is 0 Å². The molecule has 3 heteroatoms. The van der Waals surface area contributed by atoms with Gasteiger partial charge in [-0.25, -0.2) is 0 Å². The highest BCUT2D eigenvalue weighted by Gasteiger charge is 2.12. The van der Waals surface area contributed by atoms with E-state index in [0.717, 1.165) is 23.9 Å². The van der Waals surface area contributed by atoms with Crippen molar-refractivity contribution < 1.29 is 4.42 Å². The highest BCUT2D eigenvalue weighted by atomic mass is 79.9. The molecule has 0 amide bonds. The van der Waals surface area contributed by atoms with Crippen molar-refractivity contribution >= 4 is 15.9 Å². The molecule has 0 bridgehead atoms. The van der Waals surface area contributed by atoms with Gasteiger partial charge in [-0.15, -0.1) is 0 Å². The second-order valence-electron chi connectivity index (χ2n) is 4.40. The number of benzene rings is 1. The Labute approximate surface area is 117 Å². The molecule has 1 unspecified atom stereocenters. The first-order valence-electron chi connectivity index (χ1n) is 6.29. The number of hydrogen-bond acceptors (Lipinski definition) is 2. The number of nitrogens with one attached hydrogen (secondary N) is 1. The van der Waals surface area contributed by atoms with Gasteiger partial charge in [-0.1, -0.05) is 35.0 Å². The lowest BCUT2D eigenvalue weighted by molar-refractivity contribution is 0.520. The van der Waals surface area contributed by atoms with Gasteiger partial charge in [0.25, 0.3) is 0 Å². The lowest BCUT2D eigenvalue weighted by atomic mass is 10.0. The summed E-state index contributed by atoms with van der Waals surface area (Å²) in [4.78, 5) is 0. The average Bonchev–Trinajstić information content (AvgIpc) is 2.87. The summed E-state index contributed by atoms with van der Waals surface area (Å²) in [5.41, 5.74) is 2.53. The van der Waals surface area contributed by atoms with Gasteiger partial charge in [-0.05, 0) is 48.7 Å². The molecule has 0 aliphatic carbocycles. The number of furan rings is 1. The van der Waals surface area contributed by atoms with Gasteiger partial charge in [0.15, 0.2) is 0 Å². The van der Waals surface area contributed by atoms with E-state index in [1.54, 1.807) is 6.26 Å². The average molecular weight is 308 g/mol. The maximum atomic E-state index is 5.14. The summed E-state index contributed by atoms with van der Waals surface area (Å²) in [5.74, 6) is 0. The van der Waals surface area contributed by atoms with Gasteiger partial charge >= 0.3 is 0 Å². The van der Waals surface area contributed by atoms with E-state index in [0.29, 0.717) is 6.04 Å². The molecule has 96 valence electrons. The third-order valence-electron chi connectivity index (χ3n) is 2.91. The molecule has 1 aromatic heterocycles. The van der Waals surface area contributed by atoms with Crippen LogP contribution in [-0.2, 0) is 6.42 Å². The predicted molar refractivity (Wildman–Crippen MR) is 77.6 cm³/mol. The van der Waals surface area contributed by atoms with Crippen molar-refractivity contribution in [1.29, 1.82) is 0 Å². The van der Waals surface area contributed by atoms with Crippen LogP contribution in [0.1, 0.15) is 30.5 Å². The van der Waals surface area contributed by atoms with E-state index < -0.39 is 0 Å². The molecule has 2 aromatic rings. The van der Waals surface area contributed by atoms with E-state index in [1.165, 1.54) is 11.1 Å². The minimum Gasteiger partial charge on any atom is -0.472 e. The van der Waals surface area contributed by atoms with Crippen molar-refractivity contribution in [2.75, 3.05) is 6.54 Å². The Bertz CT molecular complexity index is 467. The standard InChI is InChI=1S/C15H18BrNO/c1-2-7-17-15(9-12-6-8-18-11-12)13-4-3-5-14(16)10-13/h3-6,8,10-11,15,17H,2,7,9H2,1H3. The van der Waals surface area contributed by atoms with Crippen LogP contribution in [0.3, 0.4) is 0 Å². The third-order valence-corrected chi connectivity index (χ3v) is 3.40. The van der Waals surface area contributed by atoms with Gasteiger partial charge < -0.3 is 9.73 Å². The molecule has 0 spiro atoms. The fourth-order valence-corrected chi connectivity index (χ4v) is 2.41. The topological polar surface area (TPSA) is 25.2 Å². The van der Waals surface area contributed by atoms with Crippen LogP contribution in [0.25, 0.3) is 0 Å². The summed E-state index contributed by atoms with van der Waals surface area (Å²) in [5, 5.41) is 3.59. The van der Waals surface area contributed by atoms with E-state index in [1.807, 2.05) is 12.3 Å². The molecule has 2 nitrogen and oxygen atoms in total. The molecule has 1 N–H and O–H groups in total.